The van der Waals surface area contributed by atoms with Crippen LogP contribution in [0.4, 0.5) is 0 Å². The number of ether oxygens (including phenoxy) is 1. The summed E-state index contributed by atoms with van der Waals surface area (Å²) in [4.78, 5) is 7.37. The molecule has 2 N–H and O–H groups in total. The van der Waals surface area contributed by atoms with E-state index >= 15 is 0 Å². The Morgan fingerprint density at radius 3 is 2.44 bits per heavy atom. The number of aromatic nitrogens is 2. The van der Waals surface area contributed by atoms with Gasteiger partial charge in [-0.05, 0) is 31.5 Å². The van der Waals surface area contributed by atoms with Crippen molar-refractivity contribution in [1.29, 1.82) is 0 Å². The summed E-state index contributed by atoms with van der Waals surface area (Å²) in [5, 5.41) is 3.50. The monoisotopic (exact) mass is 245 g/mol. The van der Waals surface area contributed by atoms with Gasteiger partial charge in [0.25, 0.3) is 0 Å². The number of aromatic amines is 1. The molecule has 0 aliphatic rings. The number of methoxy groups -OCH3 is 1. The quantitative estimate of drug-likeness (QED) is 0.851. The Kier molecular flexibility index (Phi) is 3.99. The van der Waals surface area contributed by atoms with Gasteiger partial charge in [-0.25, -0.2) is 4.98 Å². The molecule has 2 rings (SSSR count). The Hall–Kier alpha value is -1.81. The minimum absolute atomic E-state index is 0.192. The van der Waals surface area contributed by atoms with E-state index in [1.807, 2.05) is 18.3 Å². The first-order valence-electron chi connectivity index (χ1n) is 6.10. The van der Waals surface area contributed by atoms with Crippen molar-refractivity contribution in [2.45, 2.75) is 25.9 Å². The summed E-state index contributed by atoms with van der Waals surface area (Å²) in [6.07, 6.45) is 3.61. The van der Waals surface area contributed by atoms with E-state index < -0.39 is 0 Å². The first-order chi connectivity index (χ1) is 8.70. The normalized spacial score (nSPS) is 14.2. The van der Waals surface area contributed by atoms with Gasteiger partial charge in [0.2, 0.25) is 0 Å². The molecule has 4 nitrogen and oxygen atoms in total. The molecule has 0 amide bonds. The summed E-state index contributed by atoms with van der Waals surface area (Å²) in [5.41, 5.74) is 1.23. The highest BCUT2D eigenvalue weighted by molar-refractivity contribution is 5.28. The van der Waals surface area contributed by atoms with Gasteiger partial charge in [-0.15, -0.1) is 0 Å². The summed E-state index contributed by atoms with van der Waals surface area (Å²) in [6, 6.07) is 8.56. The van der Waals surface area contributed by atoms with Crippen molar-refractivity contribution >= 4 is 0 Å². The minimum atomic E-state index is 0.192. The lowest BCUT2D eigenvalue weighted by atomic mass is 10.1. The van der Waals surface area contributed by atoms with Crippen LogP contribution in [0.5, 0.6) is 5.75 Å². The molecule has 0 aliphatic heterocycles. The second kappa shape index (κ2) is 5.69. The molecule has 2 unspecified atom stereocenters. The molecule has 2 atom stereocenters. The lowest BCUT2D eigenvalue weighted by Crippen LogP contribution is -2.23. The third kappa shape index (κ3) is 2.90. The average molecular weight is 245 g/mol. The topological polar surface area (TPSA) is 49.9 Å². The number of rotatable bonds is 5. The van der Waals surface area contributed by atoms with Gasteiger partial charge in [-0.1, -0.05) is 12.1 Å². The van der Waals surface area contributed by atoms with E-state index in [2.05, 4.69) is 41.3 Å². The van der Waals surface area contributed by atoms with Crippen LogP contribution in [0.15, 0.2) is 36.7 Å². The van der Waals surface area contributed by atoms with Crippen molar-refractivity contribution in [3.8, 4) is 5.75 Å². The summed E-state index contributed by atoms with van der Waals surface area (Å²) in [6.45, 7) is 4.24. The summed E-state index contributed by atoms with van der Waals surface area (Å²) in [5.74, 6) is 1.83. The minimum Gasteiger partial charge on any atom is -0.497 e. The van der Waals surface area contributed by atoms with Crippen LogP contribution in [0.25, 0.3) is 0 Å². The largest absolute Gasteiger partial charge is 0.497 e. The Balaban J connectivity index is 2.00. The number of benzene rings is 1. The Morgan fingerprint density at radius 1 is 1.17 bits per heavy atom. The predicted octanol–water partition coefficient (Wildman–Crippen LogP) is 2.83. The molecular weight excluding hydrogens is 226 g/mol. The summed E-state index contributed by atoms with van der Waals surface area (Å²) in [7, 11) is 1.68. The fourth-order valence-electron chi connectivity index (χ4n) is 1.96. The van der Waals surface area contributed by atoms with Gasteiger partial charge in [0.15, 0.2) is 0 Å². The SMILES string of the molecule is COc1ccc(C(C)NC(C)c2ncc[nH]2)cc1. The molecular formula is C14H19N3O. The van der Waals surface area contributed by atoms with Crippen molar-refractivity contribution in [2.24, 2.45) is 0 Å². The molecule has 0 aliphatic carbocycles. The molecule has 0 radical (unpaired) electrons. The smallest absolute Gasteiger partial charge is 0.122 e. The zero-order valence-electron chi connectivity index (χ0n) is 11.0. The Bertz CT molecular complexity index is 464. The fourth-order valence-corrected chi connectivity index (χ4v) is 1.96. The van der Waals surface area contributed by atoms with Crippen LogP contribution in [0, 0.1) is 0 Å². The number of hydrogen-bond donors (Lipinski definition) is 2. The molecule has 1 aromatic heterocycles. The number of imidazole rings is 1. The lowest BCUT2D eigenvalue weighted by molar-refractivity contribution is 0.414. The fraction of sp³-hybridized carbons (Fsp3) is 0.357. The van der Waals surface area contributed by atoms with Gasteiger partial charge in [0, 0.05) is 18.4 Å². The van der Waals surface area contributed by atoms with Crippen molar-refractivity contribution in [3.63, 3.8) is 0 Å². The van der Waals surface area contributed by atoms with Gasteiger partial charge in [0.05, 0.1) is 13.2 Å². The number of nitrogens with one attached hydrogen (secondary N) is 2. The molecule has 0 fully saturated rings. The number of H-pyrrole nitrogens is 1. The van der Waals surface area contributed by atoms with E-state index in [1.165, 1.54) is 5.56 Å². The van der Waals surface area contributed by atoms with Crippen molar-refractivity contribution in [1.82, 2.24) is 15.3 Å². The van der Waals surface area contributed by atoms with E-state index in [4.69, 9.17) is 4.74 Å². The molecule has 1 aromatic carbocycles. The van der Waals surface area contributed by atoms with Gasteiger partial charge in [-0.2, -0.15) is 0 Å². The van der Waals surface area contributed by atoms with Crippen LogP contribution in [0.2, 0.25) is 0 Å². The zero-order chi connectivity index (χ0) is 13.0. The maximum atomic E-state index is 5.15. The van der Waals surface area contributed by atoms with E-state index in [-0.39, 0.29) is 12.1 Å². The van der Waals surface area contributed by atoms with Gasteiger partial charge in [-0.3, -0.25) is 0 Å². The second-order valence-electron chi connectivity index (χ2n) is 4.36. The van der Waals surface area contributed by atoms with Gasteiger partial charge >= 0.3 is 0 Å². The molecule has 2 aromatic rings. The van der Waals surface area contributed by atoms with Crippen molar-refractivity contribution in [2.75, 3.05) is 7.11 Å². The van der Waals surface area contributed by atoms with E-state index in [9.17, 15) is 0 Å². The third-order valence-corrected chi connectivity index (χ3v) is 3.05. The molecule has 4 heteroatoms. The Morgan fingerprint density at radius 2 is 1.89 bits per heavy atom. The van der Waals surface area contributed by atoms with Crippen molar-refractivity contribution in [3.05, 3.63) is 48.0 Å². The third-order valence-electron chi connectivity index (χ3n) is 3.05. The second-order valence-corrected chi connectivity index (χ2v) is 4.36. The molecule has 0 saturated heterocycles. The van der Waals surface area contributed by atoms with Crippen LogP contribution in [-0.4, -0.2) is 17.1 Å². The molecule has 1 heterocycles. The van der Waals surface area contributed by atoms with E-state index in [0.717, 1.165) is 11.6 Å². The maximum absolute atomic E-state index is 5.15. The Labute approximate surface area is 107 Å². The highest BCUT2D eigenvalue weighted by atomic mass is 16.5. The van der Waals surface area contributed by atoms with E-state index in [0.29, 0.717) is 0 Å². The zero-order valence-corrected chi connectivity index (χ0v) is 11.0. The highest BCUT2D eigenvalue weighted by Crippen LogP contribution is 2.20. The van der Waals surface area contributed by atoms with Crippen LogP contribution < -0.4 is 10.1 Å². The molecule has 0 bridgehead atoms. The van der Waals surface area contributed by atoms with Gasteiger partial charge < -0.3 is 15.0 Å². The van der Waals surface area contributed by atoms with Crippen molar-refractivity contribution < 1.29 is 4.74 Å². The van der Waals surface area contributed by atoms with Crippen LogP contribution in [0.3, 0.4) is 0 Å². The van der Waals surface area contributed by atoms with E-state index in [1.54, 1.807) is 13.3 Å². The molecule has 18 heavy (non-hydrogen) atoms. The highest BCUT2D eigenvalue weighted by Gasteiger charge is 2.12. The van der Waals surface area contributed by atoms with Crippen LogP contribution in [0.1, 0.15) is 37.3 Å². The number of nitrogens with zero attached hydrogens (tertiary/aromatic N) is 1. The summed E-state index contributed by atoms with van der Waals surface area (Å²) >= 11 is 0. The molecule has 96 valence electrons. The lowest BCUT2D eigenvalue weighted by Gasteiger charge is -2.19. The van der Waals surface area contributed by atoms with Gasteiger partial charge in [0.1, 0.15) is 11.6 Å². The van der Waals surface area contributed by atoms with Crippen LogP contribution in [-0.2, 0) is 0 Å². The first kappa shape index (κ1) is 12.6. The van der Waals surface area contributed by atoms with Crippen LogP contribution >= 0.6 is 0 Å². The molecule has 0 saturated carbocycles. The summed E-state index contributed by atoms with van der Waals surface area (Å²) < 4.78 is 5.15. The maximum Gasteiger partial charge on any atom is 0.122 e. The first-order valence-corrected chi connectivity index (χ1v) is 6.10. The average Bonchev–Trinajstić information content (AvgIpc) is 2.92. The standard InChI is InChI=1S/C14H19N3O/c1-10(12-4-6-13(18-3)7-5-12)17-11(2)14-15-8-9-16-14/h4-11,17H,1-3H3,(H,15,16). The molecule has 0 spiro atoms. The number of hydrogen-bond acceptors (Lipinski definition) is 3. The predicted molar refractivity (Wildman–Crippen MR) is 71.5 cm³/mol.